The summed E-state index contributed by atoms with van der Waals surface area (Å²) in [6, 6.07) is 0. The van der Waals surface area contributed by atoms with Crippen LogP contribution in [0.25, 0.3) is 11.2 Å². The average Bonchev–Trinajstić information content (AvgIpc) is 3.30. The average molecular weight is 322 g/mol. The zero-order valence-electron chi connectivity index (χ0n) is 12.1. The van der Waals surface area contributed by atoms with E-state index in [1.807, 2.05) is 0 Å². The second kappa shape index (κ2) is 5.17. The van der Waals surface area contributed by atoms with Crippen molar-refractivity contribution in [2.75, 3.05) is 31.1 Å². The van der Waals surface area contributed by atoms with Gasteiger partial charge in [0.05, 0.1) is 11.6 Å². The van der Waals surface area contributed by atoms with Gasteiger partial charge in [0.1, 0.15) is 11.8 Å². The van der Waals surface area contributed by atoms with Gasteiger partial charge in [0.25, 0.3) is 0 Å². The molecule has 0 radical (unpaired) electrons. The van der Waals surface area contributed by atoms with Gasteiger partial charge in [-0.25, -0.2) is 23.4 Å². The second-order valence-corrected chi connectivity index (χ2v) is 8.00. The van der Waals surface area contributed by atoms with Crippen molar-refractivity contribution in [2.24, 2.45) is 0 Å². The van der Waals surface area contributed by atoms with Crippen LogP contribution >= 0.6 is 0 Å². The summed E-state index contributed by atoms with van der Waals surface area (Å²) >= 11 is 0. The summed E-state index contributed by atoms with van der Waals surface area (Å²) in [5, 5.41) is -0.141. The smallest absolute Gasteiger partial charge is 0.217 e. The lowest BCUT2D eigenvalue weighted by atomic mass is 10.3. The van der Waals surface area contributed by atoms with Gasteiger partial charge in [-0.2, -0.15) is 4.31 Å². The Kier molecular flexibility index (Phi) is 3.26. The number of nitrogens with one attached hydrogen (secondary N) is 1. The van der Waals surface area contributed by atoms with Crippen LogP contribution in [0.3, 0.4) is 0 Å². The van der Waals surface area contributed by atoms with Crippen molar-refractivity contribution >= 4 is 27.0 Å². The molecule has 2 fully saturated rings. The first kappa shape index (κ1) is 13.9. The molecule has 0 bridgehead atoms. The molecule has 4 rings (SSSR count). The summed E-state index contributed by atoms with van der Waals surface area (Å²) in [6.07, 6.45) is 5.52. The molecule has 1 saturated carbocycles. The Hall–Kier alpha value is -1.74. The number of H-pyrrole nitrogens is 1. The molecule has 3 heterocycles. The van der Waals surface area contributed by atoms with E-state index in [9.17, 15) is 8.42 Å². The molecule has 2 aliphatic rings. The van der Waals surface area contributed by atoms with Gasteiger partial charge in [-0.1, -0.05) is 0 Å². The standard InChI is InChI=1S/C13H18N6O2S/c20-22(21,10-2-3-10)19-5-1-4-18(6-7-19)13-11-12(15-8-14-11)16-9-17-13/h8-10H,1-7H2,(H,14,15,16,17). The lowest BCUT2D eigenvalue weighted by Crippen LogP contribution is -2.37. The molecular weight excluding hydrogens is 304 g/mol. The molecule has 9 heteroatoms. The van der Waals surface area contributed by atoms with Gasteiger partial charge in [0.2, 0.25) is 10.0 Å². The fourth-order valence-corrected chi connectivity index (χ4v) is 4.80. The van der Waals surface area contributed by atoms with Gasteiger partial charge in [-0.15, -0.1) is 0 Å². The van der Waals surface area contributed by atoms with Crippen LogP contribution in [0.4, 0.5) is 5.82 Å². The minimum absolute atomic E-state index is 0.141. The third-order valence-electron chi connectivity index (χ3n) is 4.26. The van der Waals surface area contributed by atoms with Gasteiger partial charge < -0.3 is 9.88 Å². The minimum Gasteiger partial charge on any atom is -0.353 e. The third kappa shape index (κ3) is 2.34. The summed E-state index contributed by atoms with van der Waals surface area (Å²) in [7, 11) is -3.10. The Balaban J connectivity index is 1.57. The topological polar surface area (TPSA) is 95.1 Å². The number of hydrogen-bond donors (Lipinski definition) is 1. The van der Waals surface area contributed by atoms with E-state index < -0.39 is 10.0 Å². The number of aromatic amines is 1. The highest BCUT2D eigenvalue weighted by molar-refractivity contribution is 7.90. The highest BCUT2D eigenvalue weighted by Crippen LogP contribution is 2.31. The third-order valence-corrected chi connectivity index (χ3v) is 6.66. The molecule has 0 spiro atoms. The lowest BCUT2D eigenvalue weighted by Gasteiger charge is -2.22. The van der Waals surface area contributed by atoms with E-state index in [0.29, 0.717) is 25.3 Å². The Morgan fingerprint density at radius 1 is 1.09 bits per heavy atom. The van der Waals surface area contributed by atoms with E-state index in [1.165, 1.54) is 6.33 Å². The molecule has 0 amide bonds. The molecule has 1 aliphatic carbocycles. The maximum absolute atomic E-state index is 12.4. The van der Waals surface area contributed by atoms with E-state index in [2.05, 4.69) is 24.8 Å². The number of nitrogens with zero attached hydrogens (tertiary/aromatic N) is 5. The highest BCUT2D eigenvalue weighted by atomic mass is 32.2. The maximum atomic E-state index is 12.4. The largest absolute Gasteiger partial charge is 0.353 e. The van der Waals surface area contributed by atoms with Crippen LogP contribution in [-0.4, -0.2) is 64.1 Å². The predicted octanol–water partition coefficient (Wildman–Crippen LogP) is 0.357. The predicted molar refractivity (Wildman–Crippen MR) is 82.0 cm³/mol. The number of sulfonamides is 1. The molecule has 0 atom stereocenters. The first-order valence-corrected chi connectivity index (χ1v) is 9.04. The number of imidazole rings is 1. The second-order valence-electron chi connectivity index (χ2n) is 5.78. The van der Waals surface area contributed by atoms with Gasteiger partial charge in [-0.05, 0) is 19.3 Å². The number of rotatable bonds is 3. The quantitative estimate of drug-likeness (QED) is 0.876. The molecule has 2 aromatic rings. The van der Waals surface area contributed by atoms with E-state index in [0.717, 1.165) is 37.1 Å². The molecule has 1 saturated heterocycles. The fraction of sp³-hybridized carbons (Fsp3) is 0.615. The number of hydrogen-bond acceptors (Lipinski definition) is 6. The summed E-state index contributed by atoms with van der Waals surface area (Å²) in [5.74, 6) is 0.799. The van der Waals surface area contributed by atoms with Crippen molar-refractivity contribution in [3.63, 3.8) is 0 Å². The molecule has 1 N–H and O–H groups in total. The van der Waals surface area contributed by atoms with E-state index in [1.54, 1.807) is 10.6 Å². The molecule has 8 nitrogen and oxygen atoms in total. The summed E-state index contributed by atoms with van der Waals surface area (Å²) in [5.41, 5.74) is 1.44. The van der Waals surface area contributed by atoms with Gasteiger partial charge in [-0.3, -0.25) is 0 Å². The Bertz CT molecular complexity index is 785. The van der Waals surface area contributed by atoms with E-state index in [4.69, 9.17) is 0 Å². The van der Waals surface area contributed by atoms with Crippen LogP contribution < -0.4 is 4.90 Å². The van der Waals surface area contributed by atoms with Crippen LogP contribution in [0.1, 0.15) is 19.3 Å². The first-order chi connectivity index (χ1) is 10.7. The van der Waals surface area contributed by atoms with Crippen molar-refractivity contribution in [2.45, 2.75) is 24.5 Å². The van der Waals surface area contributed by atoms with E-state index in [-0.39, 0.29) is 5.25 Å². The summed E-state index contributed by atoms with van der Waals surface area (Å²) in [4.78, 5) is 17.8. The molecule has 0 unspecified atom stereocenters. The molecule has 2 aromatic heterocycles. The van der Waals surface area contributed by atoms with Crippen LogP contribution in [-0.2, 0) is 10.0 Å². The molecule has 118 valence electrons. The monoisotopic (exact) mass is 322 g/mol. The van der Waals surface area contributed by atoms with Crippen LogP contribution in [0, 0.1) is 0 Å². The zero-order valence-corrected chi connectivity index (χ0v) is 13.0. The van der Waals surface area contributed by atoms with Crippen molar-refractivity contribution < 1.29 is 8.42 Å². The van der Waals surface area contributed by atoms with Crippen LogP contribution in [0.2, 0.25) is 0 Å². The van der Waals surface area contributed by atoms with Gasteiger partial charge >= 0.3 is 0 Å². The minimum atomic E-state index is -3.10. The number of fused-ring (bicyclic) bond motifs is 1. The van der Waals surface area contributed by atoms with Crippen molar-refractivity contribution in [3.05, 3.63) is 12.7 Å². The van der Waals surface area contributed by atoms with E-state index >= 15 is 0 Å². The number of aromatic nitrogens is 4. The van der Waals surface area contributed by atoms with Crippen molar-refractivity contribution in [1.82, 2.24) is 24.2 Å². The lowest BCUT2D eigenvalue weighted by molar-refractivity contribution is 0.432. The fourth-order valence-electron chi connectivity index (χ4n) is 2.93. The normalized spacial score (nSPS) is 21.2. The Morgan fingerprint density at radius 2 is 1.95 bits per heavy atom. The molecule has 0 aromatic carbocycles. The van der Waals surface area contributed by atoms with Crippen molar-refractivity contribution in [1.29, 1.82) is 0 Å². The van der Waals surface area contributed by atoms with Gasteiger partial charge in [0.15, 0.2) is 11.5 Å². The summed E-state index contributed by atoms with van der Waals surface area (Å²) in [6.45, 7) is 2.52. The maximum Gasteiger partial charge on any atom is 0.217 e. The zero-order chi connectivity index (χ0) is 15.2. The Labute approximate surface area is 128 Å². The molecular formula is C13H18N6O2S. The van der Waals surface area contributed by atoms with Crippen LogP contribution in [0.5, 0.6) is 0 Å². The highest BCUT2D eigenvalue weighted by Gasteiger charge is 2.40. The summed E-state index contributed by atoms with van der Waals surface area (Å²) < 4.78 is 26.4. The Morgan fingerprint density at radius 3 is 2.77 bits per heavy atom. The van der Waals surface area contributed by atoms with Crippen LogP contribution in [0.15, 0.2) is 12.7 Å². The molecule has 22 heavy (non-hydrogen) atoms. The number of anilines is 1. The molecule has 1 aliphatic heterocycles. The SMILES string of the molecule is O=S(=O)(C1CC1)N1CCCN(c2ncnc3nc[nH]c23)CC1. The van der Waals surface area contributed by atoms with Crippen molar-refractivity contribution in [3.8, 4) is 0 Å². The first-order valence-electron chi connectivity index (χ1n) is 7.54. The van der Waals surface area contributed by atoms with Gasteiger partial charge in [0, 0.05) is 26.2 Å².